The number of nitrogens with one attached hydrogen (secondary N) is 1. The van der Waals surface area contributed by atoms with E-state index in [2.05, 4.69) is 5.32 Å². The Kier molecular flexibility index (Phi) is 5.78. The second-order valence-corrected chi connectivity index (χ2v) is 4.97. The largest absolute Gasteiger partial charge is 0.497 e. The van der Waals surface area contributed by atoms with Gasteiger partial charge in [-0.1, -0.05) is 18.2 Å². The molecule has 0 saturated heterocycles. The van der Waals surface area contributed by atoms with E-state index in [1.165, 1.54) is 7.11 Å². The van der Waals surface area contributed by atoms with Crippen LogP contribution in [0.15, 0.2) is 48.5 Å². The molecule has 1 N–H and O–H groups in total. The number of rotatable bonds is 6. The van der Waals surface area contributed by atoms with Gasteiger partial charge >= 0.3 is 5.97 Å². The fourth-order valence-electron chi connectivity index (χ4n) is 2.05. The Hall–Kier alpha value is -3.02. The molecule has 0 radical (unpaired) electrons. The van der Waals surface area contributed by atoms with Crippen molar-refractivity contribution in [2.24, 2.45) is 0 Å². The number of amides is 1. The van der Waals surface area contributed by atoms with E-state index in [9.17, 15) is 9.59 Å². The average molecular weight is 329 g/mol. The first-order valence-corrected chi connectivity index (χ1v) is 7.34. The molecule has 6 nitrogen and oxygen atoms in total. The van der Waals surface area contributed by atoms with Crippen molar-refractivity contribution < 1.29 is 23.8 Å². The summed E-state index contributed by atoms with van der Waals surface area (Å²) in [6.45, 7) is 1.62. The Morgan fingerprint density at radius 3 is 2.42 bits per heavy atom. The maximum Gasteiger partial charge on any atom is 0.339 e. The fourth-order valence-corrected chi connectivity index (χ4v) is 2.05. The first-order chi connectivity index (χ1) is 11.5. The molecule has 0 heterocycles. The monoisotopic (exact) mass is 329 g/mol. The molecule has 0 aliphatic carbocycles. The molecule has 0 fully saturated rings. The highest BCUT2D eigenvalue weighted by molar-refractivity contribution is 6.02. The van der Waals surface area contributed by atoms with Gasteiger partial charge in [-0.15, -0.1) is 0 Å². The summed E-state index contributed by atoms with van der Waals surface area (Å²) in [5.74, 6) is 0.246. The minimum absolute atomic E-state index is 0.280. The van der Waals surface area contributed by atoms with Crippen molar-refractivity contribution in [1.29, 1.82) is 0 Å². The van der Waals surface area contributed by atoms with Crippen LogP contribution in [0.25, 0.3) is 0 Å². The van der Waals surface area contributed by atoms with Crippen LogP contribution in [0.1, 0.15) is 17.3 Å². The van der Waals surface area contributed by atoms with E-state index in [0.717, 1.165) is 0 Å². The van der Waals surface area contributed by atoms with Gasteiger partial charge in [0.05, 0.1) is 25.5 Å². The fraction of sp³-hybridized carbons (Fsp3) is 0.222. The van der Waals surface area contributed by atoms with E-state index < -0.39 is 12.1 Å². The van der Waals surface area contributed by atoms with Gasteiger partial charge < -0.3 is 19.5 Å². The van der Waals surface area contributed by atoms with E-state index in [-0.39, 0.29) is 11.5 Å². The molecule has 1 atom stereocenters. The molecule has 24 heavy (non-hydrogen) atoms. The highest BCUT2D eigenvalue weighted by Crippen LogP contribution is 2.21. The van der Waals surface area contributed by atoms with Gasteiger partial charge in [0, 0.05) is 6.07 Å². The minimum atomic E-state index is -0.761. The number of methoxy groups -OCH3 is 2. The van der Waals surface area contributed by atoms with Crippen LogP contribution in [0.3, 0.4) is 0 Å². The van der Waals surface area contributed by atoms with E-state index in [0.29, 0.717) is 17.2 Å². The van der Waals surface area contributed by atoms with Crippen molar-refractivity contribution in [1.82, 2.24) is 0 Å². The van der Waals surface area contributed by atoms with Crippen LogP contribution in [0.2, 0.25) is 0 Å². The summed E-state index contributed by atoms with van der Waals surface area (Å²) in [5, 5.41) is 2.68. The number of carbonyl (C=O) groups is 2. The van der Waals surface area contributed by atoms with E-state index in [1.54, 1.807) is 62.6 Å². The van der Waals surface area contributed by atoms with Gasteiger partial charge in [-0.05, 0) is 31.2 Å². The first-order valence-electron chi connectivity index (χ1n) is 7.34. The van der Waals surface area contributed by atoms with Crippen molar-refractivity contribution in [3.05, 3.63) is 54.1 Å². The highest BCUT2D eigenvalue weighted by atomic mass is 16.5. The van der Waals surface area contributed by atoms with Crippen LogP contribution in [0.5, 0.6) is 11.5 Å². The number of para-hydroxylation sites is 1. The molecule has 0 spiro atoms. The maximum atomic E-state index is 12.3. The molecule has 0 bridgehead atoms. The zero-order chi connectivity index (χ0) is 17.5. The van der Waals surface area contributed by atoms with Crippen LogP contribution in [-0.4, -0.2) is 32.2 Å². The Morgan fingerprint density at radius 1 is 1.00 bits per heavy atom. The molecule has 2 aromatic carbocycles. The maximum absolute atomic E-state index is 12.3. The van der Waals surface area contributed by atoms with Crippen molar-refractivity contribution >= 4 is 17.6 Å². The number of benzene rings is 2. The van der Waals surface area contributed by atoms with Gasteiger partial charge in [0.15, 0.2) is 6.10 Å². The number of hydrogen-bond donors (Lipinski definition) is 1. The molecular formula is C18H19NO5. The second kappa shape index (κ2) is 8.01. The van der Waals surface area contributed by atoms with E-state index >= 15 is 0 Å². The van der Waals surface area contributed by atoms with Gasteiger partial charge in [-0.25, -0.2) is 4.79 Å². The molecule has 2 rings (SSSR count). The molecule has 0 aromatic heterocycles. The molecule has 2 aromatic rings. The summed E-state index contributed by atoms with van der Waals surface area (Å²) in [7, 11) is 2.84. The minimum Gasteiger partial charge on any atom is -0.497 e. The predicted octanol–water partition coefficient (Wildman–Crippen LogP) is 2.89. The molecule has 0 aliphatic heterocycles. The molecule has 0 saturated carbocycles. The third-order valence-corrected chi connectivity index (χ3v) is 3.31. The number of carbonyl (C=O) groups excluding carboxylic acids is 2. The number of ether oxygens (including phenoxy) is 3. The Labute approximate surface area is 140 Å². The predicted molar refractivity (Wildman–Crippen MR) is 89.5 cm³/mol. The third-order valence-electron chi connectivity index (χ3n) is 3.31. The molecule has 126 valence electrons. The summed E-state index contributed by atoms with van der Waals surface area (Å²) >= 11 is 0. The zero-order valence-corrected chi connectivity index (χ0v) is 13.7. The van der Waals surface area contributed by atoms with Crippen molar-refractivity contribution in [3.63, 3.8) is 0 Å². The SMILES string of the molecule is COC(=O)c1ccccc1NC(=O)C(C)Oc1cccc(OC)c1. The quantitative estimate of drug-likeness (QED) is 0.825. The second-order valence-electron chi connectivity index (χ2n) is 4.97. The summed E-state index contributed by atoms with van der Waals surface area (Å²) in [5.41, 5.74) is 0.650. The Bertz CT molecular complexity index is 729. The molecule has 1 unspecified atom stereocenters. The molecular weight excluding hydrogens is 310 g/mol. The van der Waals surface area contributed by atoms with Crippen LogP contribution >= 0.6 is 0 Å². The van der Waals surface area contributed by atoms with Crippen molar-refractivity contribution in [3.8, 4) is 11.5 Å². The van der Waals surface area contributed by atoms with Gasteiger partial charge in [0.2, 0.25) is 0 Å². The van der Waals surface area contributed by atoms with Crippen molar-refractivity contribution in [2.45, 2.75) is 13.0 Å². The van der Waals surface area contributed by atoms with Crippen molar-refractivity contribution in [2.75, 3.05) is 19.5 Å². The normalized spacial score (nSPS) is 11.3. The topological polar surface area (TPSA) is 73.9 Å². The lowest BCUT2D eigenvalue weighted by Gasteiger charge is -2.16. The lowest BCUT2D eigenvalue weighted by atomic mass is 10.1. The summed E-state index contributed by atoms with van der Waals surface area (Å²) in [6.07, 6.45) is -0.761. The average Bonchev–Trinajstić information content (AvgIpc) is 2.61. The Balaban J connectivity index is 2.08. The third kappa shape index (κ3) is 4.25. The van der Waals surface area contributed by atoms with Crippen LogP contribution in [0.4, 0.5) is 5.69 Å². The first kappa shape index (κ1) is 17.3. The Morgan fingerprint density at radius 2 is 1.71 bits per heavy atom. The number of anilines is 1. The van der Waals surface area contributed by atoms with Crippen LogP contribution < -0.4 is 14.8 Å². The lowest BCUT2D eigenvalue weighted by molar-refractivity contribution is -0.122. The zero-order valence-electron chi connectivity index (χ0n) is 13.7. The van der Waals surface area contributed by atoms with E-state index in [4.69, 9.17) is 14.2 Å². The van der Waals surface area contributed by atoms with Crippen LogP contribution in [0, 0.1) is 0 Å². The standard InChI is InChI=1S/C18H19NO5/c1-12(24-14-8-6-7-13(11-14)22-2)17(20)19-16-10-5-4-9-15(16)18(21)23-3/h4-12H,1-3H3,(H,19,20). The molecule has 0 aliphatic rings. The van der Waals surface area contributed by atoms with E-state index in [1.807, 2.05) is 0 Å². The summed E-state index contributed by atoms with van der Waals surface area (Å²) in [4.78, 5) is 24.0. The lowest BCUT2D eigenvalue weighted by Crippen LogP contribution is -2.30. The van der Waals surface area contributed by atoms with Gasteiger partial charge in [-0.2, -0.15) is 0 Å². The summed E-state index contributed by atoms with van der Waals surface area (Å²) in [6, 6.07) is 13.6. The van der Waals surface area contributed by atoms with Crippen LogP contribution in [-0.2, 0) is 9.53 Å². The number of esters is 1. The summed E-state index contributed by atoms with van der Waals surface area (Å²) < 4.78 is 15.4. The van der Waals surface area contributed by atoms with Gasteiger partial charge in [-0.3, -0.25) is 4.79 Å². The molecule has 1 amide bonds. The van der Waals surface area contributed by atoms with Gasteiger partial charge in [0.1, 0.15) is 11.5 Å². The highest BCUT2D eigenvalue weighted by Gasteiger charge is 2.18. The smallest absolute Gasteiger partial charge is 0.339 e. The van der Waals surface area contributed by atoms with Gasteiger partial charge in [0.25, 0.3) is 5.91 Å². The number of hydrogen-bond acceptors (Lipinski definition) is 5. The molecule has 6 heteroatoms.